The second kappa shape index (κ2) is 9.98. The Labute approximate surface area is 177 Å². The van der Waals surface area contributed by atoms with Gasteiger partial charge < -0.3 is 14.6 Å². The van der Waals surface area contributed by atoms with Gasteiger partial charge in [-0.15, -0.1) is 0 Å². The molecule has 30 heavy (non-hydrogen) atoms. The van der Waals surface area contributed by atoms with Crippen LogP contribution in [0, 0.1) is 5.82 Å². The van der Waals surface area contributed by atoms with E-state index < -0.39 is 18.0 Å². The summed E-state index contributed by atoms with van der Waals surface area (Å²) in [6.07, 6.45) is -0.841. The lowest BCUT2D eigenvalue weighted by molar-refractivity contribution is -0.154. The van der Waals surface area contributed by atoms with Crippen LogP contribution in [0.15, 0.2) is 53.1 Å². The molecule has 1 amide bonds. The molecule has 156 valence electrons. The van der Waals surface area contributed by atoms with Gasteiger partial charge in [-0.25, -0.2) is 4.39 Å². The molecular formula is C21H19ClFN3O4. The van der Waals surface area contributed by atoms with E-state index in [1.807, 2.05) is 6.07 Å². The Balaban J connectivity index is 1.44. The molecule has 0 aliphatic heterocycles. The molecule has 0 radical (unpaired) electrons. The molecule has 1 aromatic heterocycles. The maximum atomic E-state index is 13.0. The van der Waals surface area contributed by atoms with Gasteiger partial charge in [0, 0.05) is 23.6 Å². The number of amides is 1. The van der Waals surface area contributed by atoms with Gasteiger partial charge in [-0.3, -0.25) is 9.59 Å². The Hall–Kier alpha value is -3.26. The summed E-state index contributed by atoms with van der Waals surface area (Å²) in [7, 11) is 0. The molecule has 9 heteroatoms. The van der Waals surface area contributed by atoms with Crippen LogP contribution in [-0.4, -0.2) is 28.1 Å². The second-order valence-corrected chi connectivity index (χ2v) is 6.87. The van der Waals surface area contributed by atoms with Gasteiger partial charge in [-0.1, -0.05) is 35.0 Å². The Morgan fingerprint density at radius 3 is 2.67 bits per heavy atom. The monoisotopic (exact) mass is 431 g/mol. The third-order valence-corrected chi connectivity index (χ3v) is 4.57. The van der Waals surface area contributed by atoms with Crippen molar-refractivity contribution in [3.05, 3.63) is 70.8 Å². The molecule has 3 rings (SSSR count). The number of aryl methyl sites for hydroxylation is 1. The third-order valence-electron chi connectivity index (χ3n) is 4.20. The molecule has 7 nitrogen and oxygen atoms in total. The average molecular weight is 432 g/mol. The number of nitrogens with one attached hydrogen (secondary N) is 1. The van der Waals surface area contributed by atoms with E-state index >= 15 is 0 Å². The SMILES string of the molecule is CC(OC(=O)CCc1nc(-c2ccc(F)cc2)no1)C(=O)NCc1ccccc1Cl. The lowest BCUT2D eigenvalue weighted by Crippen LogP contribution is -2.35. The molecule has 3 aromatic rings. The average Bonchev–Trinajstić information content (AvgIpc) is 3.21. The molecule has 1 N–H and O–H groups in total. The maximum absolute atomic E-state index is 13.0. The highest BCUT2D eigenvalue weighted by Crippen LogP contribution is 2.17. The van der Waals surface area contributed by atoms with Crippen LogP contribution in [0.5, 0.6) is 0 Å². The highest BCUT2D eigenvalue weighted by molar-refractivity contribution is 6.31. The van der Waals surface area contributed by atoms with E-state index in [1.54, 1.807) is 18.2 Å². The molecule has 0 spiro atoms. The Bertz CT molecular complexity index is 1020. The summed E-state index contributed by atoms with van der Waals surface area (Å²) in [5.74, 6) is -0.834. The molecule has 1 atom stereocenters. The highest BCUT2D eigenvalue weighted by atomic mass is 35.5. The first-order valence-corrected chi connectivity index (χ1v) is 9.59. The fraction of sp³-hybridized carbons (Fsp3) is 0.238. The van der Waals surface area contributed by atoms with Crippen molar-refractivity contribution in [2.75, 3.05) is 0 Å². The lowest BCUT2D eigenvalue weighted by atomic mass is 10.2. The van der Waals surface area contributed by atoms with Gasteiger partial charge in [0.25, 0.3) is 5.91 Å². The maximum Gasteiger partial charge on any atom is 0.307 e. The normalized spacial score (nSPS) is 11.7. The van der Waals surface area contributed by atoms with Crippen molar-refractivity contribution in [3.63, 3.8) is 0 Å². The minimum atomic E-state index is -0.961. The van der Waals surface area contributed by atoms with E-state index in [0.29, 0.717) is 16.4 Å². The van der Waals surface area contributed by atoms with Crippen molar-refractivity contribution in [2.45, 2.75) is 32.4 Å². The first-order chi connectivity index (χ1) is 14.4. The van der Waals surface area contributed by atoms with E-state index in [1.165, 1.54) is 31.2 Å². The van der Waals surface area contributed by atoms with Crippen LogP contribution in [0.3, 0.4) is 0 Å². The number of hydrogen-bond donors (Lipinski definition) is 1. The number of esters is 1. The van der Waals surface area contributed by atoms with Crippen molar-refractivity contribution >= 4 is 23.5 Å². The van der Waals surface area contributed by atoms with Crippen LogP contribution >= 0.6 is 11.6 Å². The van der Waals surface area contributed by atoms with Gasteiger partial charge in [-0.05, 0) is 42.8 Å². The number of aromatic nitrogens is 2. The zero-order valence-corrected chi connectivity index (χ0v) is 16.9. The van der Waals surface area contributed by atoms with E-state index in [0.717, 1.165) is 5.56 Å². The molecule has 0 bridgehead atoms. The number of hydrogen-bond acceptors (Lipinski definition) is 6. The fourth-order valence-electron chi connectivity index (χ4n) is 2.56. The molecule has 1 unspecified atom stereocenters. The van der Waals surface area contributed by atoms with Crippen molar-refractivity contribution in [3.8, 4) is 11.4 Å². The number of halogens is 2. The Kier molecular flexibility index (Phi) is 7.13. The van der Waals surface area contributed by atoms with Crippen LogP contribution in [0.1, 0.15) is 24.8 Å². The van der Waals surface area contributed by atoms with Crippen molar-refractivity contribution in [2.24, 2.45) is 0 Å². The molecule has 1 heterocycles. The zero-order valence-electron chi connectivity index (χ0n) is 16.1. The largest absolute Gasteiger partial charge is 0.453 e. The topological polar surface area (TPSA) is 94.3 Å². The first-order valence-electron chi connectivity index (χ1n) is 9.21. The van der Waals surface area contributed by atoms with Crippen molar-refractivity contribution < 1.29 is 23.2 Å². The van der Waals surface area contributed by atoms with Gasteiger partial charge in [0.2, 0.25) is 11.7 Å². The molecular weight excluding hydrogens is 413 g/mol. The number of ether oxygens (including phenoxy) is 1. The number of carbonyl (C=O) groups excluding carboxylic acids is 2. The van der Waals surface area contributed by atoms with Gasteiger partial charge in [-0.2, -0.15) is 4.98 Å². The lowest BCUT2D eigenvalue weighted by Gasteiger charge is -2.13. The van der Waals surface area contributed by atoms with Crippen LogP contribution < -0.4 is 5.32 Å². The Morgan fingerprint density at radius 2 is 1.93 bits per heavy atom. The number of carbonyl (C=O) groups is 2. The summed E-state index contributed by atoms with van der Waals surface area (Å²) < 4.78 is 23.2. The molecule has 0 fully saturated rings. The number of rotatable bonds is 8. The van der Waals surface area contributed by atoms with E-state index in [4.69, 9.17) is 20.9 Å². The fourth-order valence-corrected chi connectivity index (χ4v) is 2.76. The van der Waals surface area contributed by atoms with Crippen LogP contribution in [0.2, 0.25) is 5.02 Å². The second-order valence-electron chi connectivity index (χ2n) is 6.46. The standard InChI is InChI=1S/C21H19ClFN3O4/c1-13(21(28)24-12-15-4-2-3-5-17(15)22)29-19(27)11-10-18-25-20(26-30-18)14-6-8-16(23)9-7-14/h2-9,13H,10-12H2,1H3,(H,24,28). The first kappa shape index (κ1) is 21.4. The van der Waals surface area contributed by atoms with Crippen molar-refractivity contribution in [1.29, 1.82) is 0 Å². The minimum absolute atomic E-state index is 0.0345. The van der Waals surface area contributed by atoms with Crippen LogP contribution in [0.25, 0.3) is 11.4 Å². The molecule has 0 saturated heterocycles. The quantitative estimate of drug-likeness (QED) is 0.546. The van der Waals surface area contributed by atoms with E-state index in [2.05, 4.69) is 15.5 Å². The molecule has 0 saturated carbocycles. The summed E-state index contributed by atoms with van der Waals surface area (Å²) in [6, 6.07) is 12.8. The molecule has 0 aliphatic rings. The molecule has 0 aliphatic carbocycles. The predicted molar refractivity (Wildman–Crippen MR) is 107 cm³/mol. The summed E-state index contributed by atoms with van der Waals surface area (Å²) in [5.41, 5.74) is 1.36. The van der Waals surface area contributed by atoms with Gasteiger partial charge >= 0.3 is 5.97 Å². The van der Waals surface area contributed by atoms with E-state index in [9.17, 15) is 14.0 Å². The highest BCUT2D eigenvalue weighted by Gasteiger charge is 2.19. The predicted octanol–water partition coefficient (Wildman–Crippen LogP) is 3.71. The number of benzene rings is 2. The Morgan fingerprint density at radius 1 is 1.20 bits per heavy atom. The number of nitrogens with zero attached hydrogens (tertiary/aromatic N) is 2. The van der Waals surface area contributed by atoms with E-state index in [-0.39, 0.29) is 31.1 Å². The smallest absolute Gasteiger partial charge is 0.307 e. The van der Waals surface area contributed by atoms with Crippen LogP contribution in [0.4, 0.5) is 4.39 Å². The van der Waals surface area contributed by atoms with Gasteiger partial charge in [0.15, 0.2) is 6.10 Å². The minimum Gasteiger partial charge on any atom is -0.453 e. The van der Waals surface area contributed by atoms with Crippen molar-refractivity contribution in [1.82, 2.24) is 15.5 Å². The third kappa shape index (κ3) is 5.87. The summed E-state index contributed by atoms with van der Waals surface area (Å²) in [6.45, 7) is 1.72. The summed E-state index contributed by atoms with van der Waals surface area (Å²) in [4.78, 5) is 28.3. The van der Waals surface area contributed by atoms with Gasteiger partial charge in [0.1, 0.15) is 5.82 Å². The zero-order chi connectivity index (χ0) is 21.5. The van der Waals surface area contributed by atoms with Crippen LogP contribution in [-0.2, 0) is 27.3 Å². The summed E-state index contributed by atoms with van der Waals surface area (Å²) >= 11 is 6.05. The van der Waals surface area contributed by atoms with Gasteiger partial charge in [0.05, 0.1) is 6.42 Å². The molecule has 2 aromatic carbocycles. The summed E-state index contributed by atoms with van der Waals surface area (Å²) in [5, 5.41) is 7.03.